The van der Waals surface area contributed by atoms with Gasteiger partial charge in [0.1, 0.15) is 0 Å². The van der Waals surface area contributed by atoms with E-state index in [1.807, 2.05) is 18.2 Å². The van der Waals surface area contributed by atoms with Crippen LogP contribution in [0.4, 0.5) is 5.69 Å². The van der Waals surface area contributed by atoms with Crippen molar-refractivity contribution in [2.24, 2.45) is 4.99 Å². The molecular weight excluding hydrogens is 222 g/mol. The van der Waals surface area contributed by atoms with E-state index in [9.17, 15) is 4.79 Å². The van der Waals surface area contributed by atoms with Crippen molar-refractivity contribution < 1.29 is 4.79 Å². The molecule has 0 aliphatic heterocycles. The summed E-state index contributed by atoms with van der Waals surface area (Å²) >= 11 is 4.93. The molecule has 2 rings (SSSR count). The zero-order chi connectivity index (χ0) is 11.4. The van der Waals surface area contributed by atoms with Crippen LogP contribution in [-0.2, 0) is 4.79 Å². The van der Waals surface area contributed by atoms with Gasteiger partial charge in [-0.05, 0) is 36.0 Å². The van der Waals surface area contributed by atoms with Crippen LogP contribution < -0.4 is 0 Å². The zero-order valence-corrected chi connectivity index (χ0v) is 8.99. The van der Waals surface area contributed by atoms with Gasteiger partial charge in [-0.3, -0.25) is 0 Å². The quantitative estimate of drug-likeness (QED) is 0.489. The smallest absolute Gasteiger partial charge is 0.240 e. The SMILES string of the molecule is O=C=Nc1ccc(-c2ccnc(=S)[nH]2)cc1. The van der Waals surface area contributed by atoms with Crippen molar-refractivity contribution in [3.05, 3.63) is 41.3 Å². The number of hydrogen-bond acceptors (Lipinski definition) is 4. The Balaban J connectivity index is 2.42. The summed E-state index contributed by atoms with van der Waals surface area (Å²) in [6.07, 6.45) is 3.14. The van der Waals surface area contributed by atoms with Crippen molar-refractivity contribution in [2.45, 2.75) is 0 Å². The second kappa shape index (κ2) is 4.61. The monoisotopic (exact) mass is 229 g/mol. The van der Waals surface area contributed by atoms with Gasteiger partial charge in [0, 0.05) is 11.9 Å². The maximum Gasteiger partial charge on any atom is 0.240 e. The van der Waals surface area contributed by atoms with Crippen LogP contribution in [0.25, 0.3) is 11.3 Å². The lowest BCUT2D eigenvalue weighted by Crippen LogP contribution is -1.85. The highest BCUT2D eigenvalue weighted by Crippen LogP contribution is 2.19. The Morgan fingerprint density at radius 1 is 1.25 bits per heavy atom. The molecule has 1 N–H and O–H groups in total. The van der Waals surface area contributed by atoms with Gasteiger partial charge in [0.15, 0.2) is 4.77 Å². The molecule has 0 aliphatic rings. The van der Waals surface area contributed by atoms with Gasteiger partial charge in [0.2, 0.25) is 6.08 Å². The molecule has 1 heterocycles. The maximum atomic E-state index is 10.1. The lowest BCUT2D eigenvalue weighted by molar-refractivity contribution is 0.565. The van der Waals surface area contributed by atoms with E-state index in [0.29, 0.717) is 10.5 Å². The van der Waals surface area contributed by atoms with Crippen molar-refractivity contribution in [1.29, 1.82) is 0 Å². The third-order valence-corrected chi connectivity index (χ3v) is 2.24. The summed E-state index contributed by atoms with van der Waals surface area (Å²) in [6, 6.07) is 8.98. The molecule has 0 bridgehead atoms. The molecule has 2 aromatic rings. The van der Waals surface area contributed by atoms with Crippen molar-refractivity contribution >= 4 is 24.0 Å². The highest BCUT2D eigenvalue weighted by atomic mass is 32.1. The molecule has 0 fully saturated rings. The topological polar surface area (TPSA) is 58.1 Å². The average Bonchev–Trinajstić information content (AvgIpc) is 2.30. The summed E-state index contributed by atoms with van der Waals surface area (Å²) in [7, 11) is 0. The van der Waals surface area contributed by atoms with Gasteiger partial charge in [-0.1, -0.05) is 12.1 Å². The molecule has 0 unspecified atom stereocenters. The number of nitrogens with zero attached hydrogens (tertiary/aromatic N) is 2. The summed E-state index contributed by atoms with van der Waals surface area (Å²) < 4.78 is 0.437. The van der Waals surface area contributed by atoms with Gasteiger partial charge in [0.05, 0.1) is 5.69 Å². The molecule has 0 amide bonds. The first-order valence-electron chi connectivity index (χ1n) is 4.53. The first kappa shape index (κ1) is 10.4. The van der Waals surface area contributed by atoms with E-state index in [-0.39, 0.29) is 0 Å². The Hall–Kier alpha value is -2.10. The van der Waals surface area contributed by atoms with Gasteiger partial charge in [-0.15, -0.1) is 0 Å². The van der Waals surface area contributed by atoms with Crippen LogP contribution in [0.2, 0.25) is 0 Å². The van der Waals surface area contributed by atoms with E-state index >= 15 is 0 Å². The first-order valence-corrected chi connectivity index (χ1v) is 4.94. The van der Waals surface area contributed by atoms with E-state index in [0.717, 1.165) is 11.3 Å². The fourth-order valence-electron chi connectivity index (χ4n) is 1.31. The average molecular weight is 229 g/mol. The number of nitrogens with one attached hydrogen (secondary N) is 1. The van der Waals surface area contributed by atoms with Crippen LogP contribution >= 0.6 is 12.2 Å². The third kappa shape index (κ3) is 2.28. The molecular formula is C11H7N3OS. The van der Waals surface area contributed by atoms with Crippen LogP contribution in [-0.4, -0.2) is 16.0 Å². The number of aliphatic imine (C=N–C) groups is 1. The van der Waals surface area contributed by atoms with Crippen LogP contribution in [0.3, 0.4) is 0 Å². The number of isocyanates is 1. The van der Waals surface area contributed by atoms with Crippen LogP contribution in [0, 0.1) is 4.77 Å². The number of carbonyl (C=O) groups excluding carboxylic acids is 1. The highest BCUT2D eigenvalue weighted by molar-refractivity contribution is 7.71. The summed E-state index contributed by atoms with van der Waals surface area (Å²) in [5.41, 5.74) is 2.41. The predicted octanol–water partition coefficient (Wildman–Crippen LogP) is 2.77. The third-order valence-electron chi connectivity index (χ3n) is 2.03. The Morgan fingerprint density at radius 2 is 2.00 bits per heavy atom. The summed E-state index contributed by atoms with van der Waals surface area (Å²) in [6.45, 7) is 0. The molecule has 1 aromatic carbocycles. The number of rotatable bonds is 2. The lowest BCUT2D eigenvalue weighted by Gasteiger charge is -2.00. The molecule has 78 valence electrons. The normalized spacial score (nSPS) is 9.50. The number of benzene rings is 1. The molecule has 0 radical (unpaired) electrons. The van der Waals surface area contributed by atoms with E-state index in [1.54, 1.807) is 18.3 Å². The first-order chi connectivity index (χ1) is 7.79. The Morgan fingerprint density at radius 3 is 2.62 bits per heavy atom. The summed E-state index contributed by atoms with van der Waals surface area (Å²) in [5.74, 6) is 0. The van der Waals surface area contributed by atoms with E-state index in [4.69, 9.17) is 12.2 Å². The maximum absolute atomic E-state index is 10.1. The molecule has 4 nitrogen and oxygen atoms in total. The molecule has 0 aliphatic carbocycles. The standard InChI is InChI=1S/C11H7N3OS/c15-7-13-9-3-1-8(2-4-9)10-5-6-12-11(16)14-10/h1-6H,(H,12,14,16). The molecule has 0 atom stereocenters. The molecule has 0 spiro atoms. The Bertz CT molecular complexity index is 597. The van der Waals surface area contributed by atoms with Gasteiger partial charge >= 0.3 is 0 Å². The number of aromatic nitrogens is 2. The number of hydrogen-bond donors (Lipinski definition) is 1. The largest absolute Gasteiger partial charge is 0.330 e. The van der Waals surface area contributed by atoms with Crippen molar-refractivity contribution in [2.75, 3.05) is 0 Å². The fraction of sp³-hybridized carbons (Fsp3) is 0. The predicted molar refractivity (Wildman–Crippen MR) is 62.6 cm³/mol. The second-order valence-electron chi connectivity index (χ2n) is 3.04. The summed E-state index contributed by atoms with van der Waals surface area (Å²) in [4.78, 5) is 20.4. The minimum Gasteiger partial charge on any atom is -0.330 e. The molecule has 16 heavy (non-hydrogen) atoms. The molecule has 1 aromatic heterocycles. The molecule has 0 saturated heterocycles. The van der Waals surface area contributed by atoms with Gasteiger partial charge < -0.3 is 4.98 Å². The second-order valence-corrected chi connectivity index (χ2v) is 3.43. The van der Waals surface area contributed by atoms with E-state index in [1.165, 1.54) is 6.08 Å². The minimum absolute atomic E-state index is 0.437. The van der Waals surface area contributed by atoms with Crippen LogP contribution in [0.1, 0.15) is 0 Å². The fourth-order valence-corrected chi connectivity index (χ4v) is 1.48. The molecule has 5 heteroatoms. The highest BCUT2D eigenvalue weighted by Gasteiger charge is 1.97. The number of aromatic amines is 1. The van der Waals surface area contributed by atoms with Crippen molar-refractivity contribution in [3.8, 4) is 11.3 Å². The Labute approximate surface area is 96.7 Å². The Kier molecular flexibility index (Phi) is 3.00. The lowest BCUT2D eigenvalue weighted by atomic mass is 10.1. The van der Waals surface area contributed by atoms with Crippen LogP contribution in [0.5, 0.6) is 0 Å². The van der Waals surface area contributed by atoms with Crippen molar-refractivity contribution in [1.82, 2.24) is 9.97 Å². The summed E-state index contributed by atoms with van der Waals surface area (Å²) in [5, 5.41) is 0. The number of H-pyrrole nitrogens is 1. The van der Waals surface area contributed by atoms with Crippen LogP contribution in [0.15, 0.2) is 41.5 Å². The van der Waals surface area contributed by atoms with Gasteiger partial charge in [-0.2, -0.15) is 4.99 Å². The van der Waals surface area contributed by atoms with Gasteiger partial charge in [-0.25, -0.2) is 9.78 Å². The zero-order valence-electron chi connectivity index (χ0n) is 8.18. The van der Waals surface area contributed by atoms with Gasteiger partial charge in [0.25, 0.3) is 0 Å². The minimum atomic E-state index is 0.437. The van der Waals surface area contributed by atoms with E-state index < -0.39 is 0 Å². The van der Waals surface area contributed by atoms with Crippen molar-refractivity contribution in [3.63, 3.8) is 0 Å². The van der Waals surface area contributed by atoms with E-state index in [2.05, 4.69) is 15.0 Å². The molecule has 0 saturated carbocycles.